The summed E-state index contributed by atoms with van der Waals surface area (Å²) in [6, 6.07) is 6.32. The number of aromatic nitrogens is 2. The Morgan fingerprint density at radius 2 is 2.05 bits per heavy atom. The van der Waals surface area contributed by atoms with Crippen LogP contribution in [0.5, 0.6) is 5.75 Å². The number of hydrogen-bond donors (Lipinski definition) is 1. The lowest BCUT2D eigenvalue weighted by Crippen LogP contribution is -2.08. The van der Waals surface area contributed by atoms with Gasteiger partial charge in [-0.1, -0.05) is 6.07 Å². The third-order valence-electron chi connectivity index (χ3n) is 3.55. The molecule has 1 aromatic heterocycles. The number of aryl methyl sites for hydroxylation is 2. The largest absolute Gasteiger partial charge is 0.496 e. The van der Waals surface area contributed by atoms with Gasteiger partial charge in [0, 0.05) is 13.1 Å². The zero-order chi connectivity index (χ0) is 14.9. The fourth-order valence-electron chi connectivity index (χ4n) is 2.23. The highest BCUT2D eigenvalue weighted by Crippen LogP contribution is 2.30. The Hall–Kier alpha value is -1.49. The van der Waals surface area contributed by atoms with E-state index in [1.165, 1.54) is 5.56 Å². The van der Waals surface area contributed by atoms with Crippen molar-refractivity contribution in [3.05, 3.63) is 39.6 Å². The molecule has 4 nitrogen and oxygen atoms in total. The van der Waals surface area contributed by atoms with E-state index in [-0.39, 0.29) is 6.04 Å². The van der Waals surface area contributed by atoms with Crippen molar-refractivity contribution >= 4 is 21.6 Å². The molecule has 20 heavy (non-hydrogen) atoms. The van der Waals surface area contributed by atoms with Crippen molar-refractivity contribution in [3.8, 4) is 5.75 Å². The molecule has 2 rings (SSSR count). The Bertz CT molecular complexity index is 622. The third-order valence-corrected chi connectivity index (χ3v) is 4.17. The second-order valence-corrected chi connectivity index (χ2v) is 5.78. The number of anilines is 1. The second kappa shape index (κ2) is 5.87. The lowest BCUT2D eigenvalue weighted by molar-refractivity contribution is 0.412. The van der Waals surface area contributed by atoms with Gasteiger partial charge in [-0.25, -0.2) is 0 Å². The summed E-state index contributed by atoms with van der Waals surface area (Å²) in [5.41, 5.74) is 4.46. The van der Waals surface area contributed by atoms with Gasteiger partial charge in [0.05, 0.1) is 28.7 Å². The molecule has 5 heteroatoms. The molecular formula is C15H20BrN3O. The number of halogens is 1. The minimum Gasteiger partial charge on any atom is -0.496 e. The molecule has 1 aromatic carbocycles. The molecule has 2 aromatic rings. The first-order valence-electron chi connectivity index (χ1n) is 6.54. The Morgan fingerprint density at radius 3 is 2.55 bits per heavy atom. The Morgan fingerprint density at radius 1 is 1.35 bits per heavy atom. The molecule has 0 spiro atoms. The second-order valence-electron chi connectivity index (χ2n) is 4.93. The lowest BCUT2D eigenvalue weighted by atomic mass is 10.1. The molecule has 0 aliphatic heterocycles. The van der Waals surface area contributed by atoms with Gasteiger partial charge in [0.2, 0.25) is 0 Å². The zero-order valence-electron chi connectivity index (χ0n) is 12.5. The summed E-state index contributed by atoms with van der Waals surface area (Å²) < 4.78 is 8.12. The summed E-state index contributed by atoms with van der Waals surface area (Å²) in [6.07, 6.45) is 0. The van der Waals surface area contributed by atoms with Crippen LogP contribution in [0.2, 0.25) is 0 Å². The predicted molar refractivity (Wildman–Crippen MR) is 85.4 cm³/mol. The van der Waals surface area contributed by atoms with Gasteiger partial charge in [-0.3, -0.25) is 4.68 Å². The van der Waals surface area contributed by atoms with E-state index in [0.29, 0.717) is 0 Å². The Labute approximate surface area is 128 Å². The van der Waals surface area contributed by atoms with E-state index < -0.39 is 0 Å². The molecule has 1 N–H and O–H groups in total. The van der Waals surface area contributed by atoms with E-state index >= 15 is 0 Å². The molecule has 0 amide bonds. The van der Waals surface area contributed by atoms with E-state index in [1.807, 2.05) is 24.7 Å². The molecule has 0 aliphatic rings. The van der Waals surface area contributed by atoms with E-state index in [2.05, 4.69) is 52.3 Å². The van der Waals surface area contributed by atoms with Crippen molar-refractivity contribution in [1.29, 1.82) is 0 Å². The smallest absolute Gasteiger partial charge is 0.133 e. The maximum Gasteiger partial charge on any atom is 0.133 e. The summed E-state index contributed by atoms with van der Waals surface area (Å²) in [6.45, 7) is 6.23. The number of hydrogen-bond acceptors (Lipinski definition) is 3. The molecule has 0 aliphatic carbocycles. The summed E-state index contributed by atoms with van der Waals surface area (Å²) >= 11 is 3.52. The molecule has 0 fully saturated rings. The van der Waals surface area contributed by atoms with Crippen LogP contribution in [0.4, 0.5) is 5.69 Å². The van der Waals surface area contributed by atoms with Gasteiger partial charge in [0.15, 0.2) is 0 Å². The lowest BCUT2D eigenvalue weighted by Gasteiger charge is -2.17. The Kier molecular flexibility index (Phi) is 4.38. The number of nitrogens with zero attached hydrogens (tertiary/aromatic N) is 2. The van der Waals surface area contributed by atoms with Crippen LogP contribution in [-0.4, -0.2) is 16.9 Å². The molecule has 0 saturated carbocycles. The van der Waals surface area contributed by atoms with Crippen LogP contribution < -0.4 is 10.1 Å². The van der Waals surface area contributed by atoms with Crippen LogP contribution in [0.25, 0.3) is 0 Å². The van der Waals surface area contributed by atoms with Crippen molar-refractivity contribution in [3.63, 3.8) is 0 Å². The van der Waals surface area contributed by atoms with Gasteiger partial charge in [-0.2, -0.15) is 5.10 Å². The van der Waals surface area contributed by atoms with Crippen LogP contribution in [0.3, 0.4) is 0 Å². The Balaban J connectivity index is 2.23. The third kappa shape index (κ3) is 2.82. The van der Waals surface area contributed by atoms with Gasteiger partial charge < -0.3 is 10.1 Å². The van der Waals surface area contributed by atoms with E-state index in [9.17, 15) is 0 Å². The summed E-state index contributed by atoms with van der Waals surface area (Å²) in [4.78, 5) is 0. The highest BCUT2D eigenvalue weighted by atomic mass is 79.9. The van der Waals surface area contributed by atoms with Crippen molar-refractivity contribution in [2.24, 2.45) is 7.05 Å². The molecule has 1 unspecified atom stereocenters. The van der Waals surface area contributed by atoms with Crippen molar-refractivity contribution in [2.45, 2.75) is 26.8 Å². The molecule has 1 heterocycles. The quantitative estimate of drug-likeness (QED) is 0.916. The van der Waals surface area contributed by atoms with Gasteiger partial charge in [-0.05, 0) is 54.4 Å². The van der Waals surface area contributed by atoms with Crippen molar-refractivity contribution < 1.29 is 4.74 Å². The minimum absolute atomic E-state index is 0.193. The maximum absolute atomic E-state index is 5.26. The van der Waals surface area contributed by atoms with E-state index in [0.717, 1.165) is 27.3 Å². The van der Waals surface area contributed by atoms with Crippen LogP contribution in [0.1, 0.15) is 29.9 Å². The predicted octanol–water partition coefficient (Wildman–Crippen LogP) is 3.98. The normalized spacial score (nSPS) is 12.3. The molecular weight excluding hydrogens is 318 g/mol. The molecule has 108 valence electrons. The van der Waals surface area contributed by atoms with Crippen molar-refractivity contribution in [1.82, 2.24) is 9.78 Å². The van der Waals surface area contributed by atoms with Crippen LogP contribution in [0, 0.1) is 13.8 Å². The first-order chi connectivity index (χ1) is 9.43. The molecule has 0 radical (unpaired) electrons. The van der Waals surface area contributed by atoms with Crippen LogP contribution in [-0.2, 0) is 7.05 Å². The summed E-state index contributed by atoms with van der Waals surface area (Å²) in [7, 11) is 3.63. The first kappa shape index (κ1) is 14.9. The average Bonchev–Trinajstić information content (AvgIpc) is 2.65. The fourth-order valence-corrected chi connectivity index (χ4v) is 2.79. The number of rotatable bonds is 4. The molecule has 1 atom stereocenters. The highest BCUT2D eigenvalue weighted by Gasteiger charge is 2.14. The SMILES string of the molecule is COc1ccc(C(C)Nc2c(C)nn(C)c2C)cc1Br. The number of ether oxygens (including phenoxy) is 1. The summed E-state index contributed by atoms with van der Waals surface area (Å²) in [5, 5.41) is 7.96. The van der Waals surface area contributed by atoms with E-state index in [4.69, 9.17) is 4.74 Å². The van der Waals surface area contributed by atoms with Crippen LogP contribution >= 0.6 is 15.9 Å². The average molecular weight is 338 g/mol. The minimum atomic E-state index is 0.193. The zero-order valence-corrected chi connectivity index (χ0v) is 14.1. The summed E-state index contributed by atoms with van der Waals surface area (Å²) in [5.74, 6) is 0.842. The van der Waals surface area contributed by atoms with Gasteiger partial charge in [0.25, 0.3) is 0 Å². The number of methoxy groups -OCH3 is 1. The van der Waals surface area contributed by atoms with Gasteiger partial charge in [-0.15, -0.1) is 0 Å². The molecule has 0 bridgehead atoms. The first-order valence-corrected chi connectivity index (χ1v) is 7.33. The monoisotopic (exact) mass is 337 g/mol. The van der Waals surface area contributed by atoms with Crippen LogP contribution in [0.15, 0.2) is 22.7 Å². The number of nitrogens with one attached hydrogen (secondary N) is 1. The van der Waals surface area contributed by atoms with E-state index in [1.54, 1.807) is 7.11 Å². The standard InChI is InChI=1S/C15H20BrN3O/c1-9(12-6-7-14(20-5)13(16)8-12)17-15-10(2)18-19(4)11(15)3/h6-9,17H,1-5H3. The maximum atomic E-state index is 5.26. The molecule has 0 saturated heterocycles. The fraction of sp³-hybridized carbons (Fsp3) is 0.400. The van der Waals surface area contributed by atoms with Gasteiger partial charge in [0.1, 0.15) is 5.75 Å². The van der Waals surface area contributed by atoms with Gasteiger partial charge >= 0.3 is 0 Å². The topological polar surface area (TPSA) is 39.1 Å². The number of benzene rings is 1. The van der Waals surface area contributed by atoms with Crippen molar-refractivity contribution in [2.75, 3.05) is 12.4 Å². The highest BCUT2D eigenvalue weighted by molar-refractivity contribution is 9.10.